The maximum Gasteiger partial charge on any atom is 0.246 e. The molecular weight excluding hydrogens is 312 g/mol. The molecule has 0 radical (unpaired) electrons. The Kier molecular flexibility index (Phi) is 7.27. The summed E-state index contributed by atoms with van der Waals surface area (Å²) in [6.07, 6.45) is 4.44. The van der Waals surface area contributed by atoms with E-state index in [-0.39, 0.29) is 5.91 Å². The maximum absolute atomic E-state index is 12.5. The number of carbonyl (C=O) groups excluding carboxylic acids is 1. The summed E-state index contributed by atoms with van der Waals surface area (Å²) in [7, 11) is 1.62. The molecule has 0 aliphatic rings. The van der Waals surface area contributed by atoms with E-state index in [9.17, 15) is 4.79 Å². The molecular formula is C21H22N2O2. The standard InChI is InChI=1S/C21H22N2O2/c1-25-20-11-8-19(9-12-20)10-13-21(24)23(16-5-15-22)17-14-18-6-3-2-4-7-18/h2-4,6-13H,5,14,16-17H2,1H3/b13-10+. The number of nitriles is 1. The van der Waals surface area contributed by atoms with Crippen LogP contribution in [0.1, 0.15) is 17.5 Å². The molecule has 0 atom stereocenters. The average Bonchev–Trinajstić information content (AvgIpc) is 2.67. The molecule has 0 aliphatic carbocycles. The number of hydrogen-bond donors (Lipinski definition) is 0. The number of hydrogen-bond acceptors (Lipinski definition) is 3. The van der Waals surface area contributed by atoms with Crippen LogP contribution in [0.4, 0.5) is 0 Å². The fourth-order valence-electron chi connectivity index (χ4n) is 2.41. The molecule has 2 aromatic carbocycles. The van der Waals surface area contributed by atoms with Crippen LogP contribution in [0.25, 0.3) is 6.08 Å². The third-order valence-corrected chi connectivity index (χ3v) is 3.85. The smallest absolute Gasteiger partial charge is 0.246 e. The predicted molar refractivity (Wildman–Crippen MR) is 99.0 cm³/mol. The Hall–Kier alpha value is -3.06. The van der Waals surface area contributed by atoms with Crippen molar-refractivity contribution in [3.05, 3.63) is 71.8 Å². The molecule has 0 spiro atoms. The predicted octanol–water partition coefficient (Wildman–Crippen LogP) is 3.69. The normalized spacial score (nSPS) is 10.4. The van der Waals surface area contributed by atoms with Crippen LogP contribution >= 0.6 is 0 Å². The van der Waals surface area contributed by atoms with Crippen molar-refractivity contribution in [1.29, 1.82) is 5.26 Å². The van der Waals surface area contributed by atoms with Gasteiger partial charge in [0.1, 0.15) is 5.75 Å². The molecule has 25 heavy (non-hydrogen) atoms. The summed E-state index contributed by atoms with van der Waals surface area (Å²) in [5.74, 6) is 0.698. The molecule has 2 aromatic rings. The first-order chi connectivity index (χ1) is 12.2. The van der Waals surface area contributed by atoms with Crippen molar-refractivity contribution < 1.29 is 9.53 Å². The molecule has 0 N–H and O–H groups in total. The van der Waals surface area contributed by atoms with Crippen molar-refractivity contribution in [3.63, 3.8) is 0 Å². The van der Waals surface area contributed by atoms with E-state index in [1.54, 1.807) is 24.2 Å². The second-order valence-corrected chi connectivity index (χ2v) is 5.58. The summed E-state index contributed by atoms with van der Waals surface area (Å²) in [4.78, 5) is 14.2. The van der Waals surface area contributed by atoms with Crippen molar-refractivity contribution in [3.8, 4) is 11.8 Å². The molecule has 2 rings (SSSR count). The number of carbonyl (C=O) groups is 1. The molecule has 0 aromatic heterocycles. The van der Waals surface area contributed by atoms with Gasteiger partial charge in [-0.25, -0.2) is 0 Å². The van der Waals surface area contributed by atoms with Crippen LogP contribution in [0.15, 0.2) is 60.7 Å². The molecule has 4 nitrogen and oxygen atoms in total. The minimum atomic E-state index is -0.0815. The molecule has 0 saturated heterocycles. The Morgan fingerprint density at radius 2 is 1.84 bits per heavy atom. The van der Waals surface area contributed by atoms with E-state index in [2.05, 4.69) is 6.07 Å². The van der Waals surface area contributed by atoms with Crippen LogP contribution in [0.5, 0.6) is 5.75 Å². The first-order valence-electron chi connectivity index (χ1n) is 8.25. The van der Waals surface area contributed by atoms with E-state index >= 15 is 0 Å². The fourth-order valence-corrected chi connectivity index (χ4v) is 2.41. The summed E-state index contributed by atoms with van der Waals surface area (Å²) < 4.78 is 5.12. The van der Waals surface area contributed by atoms with Crippen LogP contribution in [0.3, 0.4) is 0 Å². The molecule has 0 fully saturated rings. The summed E-state index contributed by atoms with van der Waals surface area (Å²) in [6, 6.07) is 19.6. The lowest BCUT2D eigenvalue weighted by Crippen LogP contribution is -2.32. The number of nitrogens with zero attached hydrogens (tertiary/aromatic N) is 2. The zero-order valence-corrected chi connectivity index (χ0v) is 14.4. The van der Waals surface area contributed by atoms with Crippen molar-refractivity contribution >= 4 is 12.0 Å². The van der Waals surface area contributed by atoms with E-state index < -0.39 is 0 Å². The van der Waals surface area contributed by atoms with Gasteiger partial charge in [-0.2, -0.15) is 5.26 Å². The molecule has 1 amide bonds. The maximum atomic E-state index is 12.5. The molecule has 128 valence electrons. The zero-order valence-electron chi connectivity index (χ0n) is 14.4. The second kappa shape index (κ2) is 9.94. The highest BCUT2D eigenvalue weighted by atomic mass is 16.5. The van der Waals surface area contributed by atoms with Crippen molar-refractivity contribution in [2.24, 2.45) is 0 Å². The van der Waals surface area contributed by atoms with Gasteiger partial charge in [-0.05, 0) is 35.8 Å². The molecule has 0 unspecified atom stereocenters. The molecule has 4 heteroatoms. The Morgan fingerprint density at radius 1 is 1.12 bits per heavy atom. The Labute approximate surface area is 149 Å². The minimum absolute atomic E-state index is 0.0815. The van der Waals surface area contributed by atoms with Gasteiger partial charge in [-0.15, -0.1) is 0 Å². The van der Waals surface area contributed by atoms with E-state index in [1.165, 1.54) is 5.56 Å². The lowest BCUT2D eigenvalue weighted by Gasteiger charge is -2.20. The minimum Gasteiger partial charge on any atom is -0.497 e. The van der Waals surface area contributed by atoms with Crippen LogP contribution in [-0.4, -0.2) is 31.0 Å². The summed E-state index contributed by atoms with van der Waals surface area (Å²) >= 11 is 0. The monoisotopic (exact) mass is 334 g/mol. The van der Waals surface area contributed by atoms with Crippen molar-refractivity contribution in [1.82, 2.24) is 4.90 Å². The average molecular weight is 334 g/mol. The number of rotatable bonds is 8. The van der Waals surface area contributed by atoms with E-state index in [1.807, 2.05) is 54.6 Å². The van der Waals surface area contributed by atoms with Gasteiger partial charge in [0.2, 0.25) is 5.91 Å². The van der Waals surface area contributed by atoms with Crippen LogP contribution in [-0.2, 0) is 11.2 Å². The number of methoxy groups -OCH3 is 1. The third-order valence-electron chi connectivity index (χ3n) is 3.85. The molecule has 0 aliphatic heterocycles. The van der Waals surface area contributed by atoms with Crippen LogP contribution < -0.4 is 4.74 Å². The van der Waals surface area contributed by atoms with Crippen LogP contribution in [0.2, 0.25) is 0 Å². The molecule has 0 bridgehead atoms. The van der Waals surface area contributed by atoms with Gasteiger partial charge in [-0.3, -0.25) is 4.79 Å². The van der Waals surface area contributed by atoms with Crippen molar-refractivity contribution in [2.45, 2.75) is 12.8 Å². The third kappa shape index (κ3) is 6.15. The number of amides is 1. The van der Waals surface area contributed by atoms with Gasteiger partial charge in [0, 0.05) is 19.2 Å². The number of ether oxygens (including phenoxy) is 1. The Bertz CT molecular complexity index is 731. The highest BCUT2D eigenvalue weighted by Crippen LogP contribution is 2.12. The highest BCUT2D eigenvalue weighted by molar-refractivity contribution is 5.91. The molecule has 0 saturated carbocycles. The number of benzene rings is 2. The lowest BCUT2D eigenvalue weighted by molar-refractivity contribution is -0.125. The topological polar surface area (TPSA) is 53.3 Å². The van der Waals surface area contributed by atoms with Gasteiger partial charge < -0.3 is 9.64 Å². The summed E-state index contributed by atoms with van der Waals surface area (Å²) in [5.41, 5.74) is 2.11. The first-order valence-corrected chi connectivity index (χ1v) is 8.25. The van der Waals surface area contributed by atoms with Gasteiger partial charge in [-0.1, -0.05) is 42.5 Å². The second-order valence-electron chi connectivity index (χ2n) is 5.58. The van der Waals surface area contributed by atoms with Crippen molar-refractivity contribution in [2.75, 3.05) is 20.2 Å². The quantitative estimate of drug-likeness (QED) is 0.692. The summed E-state index contributed by atoms with van der Waals surface area (Å²) in [6.45, 7) is 1.03. The highest BCUT2D eigenvalue weighted by Gasteiger charge is 2.10. The SMILES string of the molecule is COc1ccc(/C=C/C(=O)N(CCC#N)CCc2ccccc2)cc1. The largest absolute Gasteiger partial charge is 0.497 e. The fraction of sp³-hybridized carbons (Fsp3) is 0.238. The van der Waals surface area contributed by atoms with Crippen LogP contribution in [0, 0.1) is 11.3 Å². The van der Waals surface area contributed by atoms with Gasteiger partial charge in [0.15, 0.2) is 0 Å². The van der Waals surface area contributed by atoms with Gasteiger partial charge in [0.25, 0.3) is 0 Å². The van der Waals surface area contributed by atoms with Gasteiger partial charge in [0.05, 0.1) is 19.6 Å². The van der Waals surface area contributed by atoms with Gasteiger partial charge >= 0.3 is 0 Å². The Morgan fingerprint density at radius 3 is 2.48 bits per heavy atom. The zero-order chi connectivity index (χ0) is 17.9. The van der Waals surface area contributed by atoms with E-state index in [0.717, 1.165) is 17.7 Å². The van der Waals surface area contributed by atoms with E-state index in [4.69, 9.17) is 10.00 Å². The van der Waals surface area contributed by atoms with E-state index in [0.29, 0.717) is 19.5 Å². The molecule has 0 heterocycles. The Balaban J connectivity index is 1.98. The first kappa shape index (κ1) is 18.3. The summed E-state index contributed by atoms with van der Waals surface area (Å²) in [5, 5.41) is 8.82. The lowest BCUT2D eigenvalue weighted by atomic mass is 10.1.